The van der Waals surface area contributed by atoms with Crippen molar-refractivity contribution < 1.29 is 28.6 Å². The smallest absolute Gasteiger partial charge is 0.431 e. The summed E-state index contributed by atoms with van der Waals surface area (Å²) in [6.45, 7) is 1.41. The van der Waals surface area contributed by atoms with Gasteiger partial charge < -0.3 is 24.5 Å². The van der Waals surface area contributed by atoms with E-state index in [1.807, 2.05) is 6.07 Å². The van der Waals surface area contributed by atoms with E-state index >= 15 is 0 Å². The maximum Gasteiger partial charge on any atom is 0.511 e. The van der Waals surface area contributed by atoms with Crippen LogP contribution in [0.2, 0.25) is 10.0 Å². The van der Waals surface area contributed by atoms with Crippen LogP contribution < -0.4 is 5.32 Å². The fourth-order valence-electron chi connectivity index (χ4n) is 4.18. The van der Waals surface area contributed by atoms with Gasteiger partial charge in [-0.25, -0.2) is 9.59 Å². The Morgan fingerprint density at radius 1 is 1.05 bits per heavy atom. The van der Waals surface area contributed by atoms with E-state index < -0.39 is 24.3 Å². The molecule has 1 fully saturated rings. The van der Waals surface area contributed by atoms with Crippen molar-refractivity contribution in [2.75, 3.05) is 5.32 Å². The van der Waals surface area contributed by atoms with E-state index in [-0.39, 0.29) is 16.8 Å². The first-order valence-corrected chi connectivity index (χ1v) is 12.7. The third-order valence-corrected chi connectivity index (χ3v) is 6.37. The fraction of sp³-hybridized carbons (Fsp3) is 0.296. The van der Waals surface area contributed by atoms with Crippen molar-refractivity contribution in [3.63, 3.8) is 0 Å². The molecule has 0 spiro atoms. The number of halogens is 2. The molecule has 1 aliphatic rings. The summed E-state index contributed by atoms with van der Waals surface area (Å²) in [5.41, 5.74) is 1.42. The predicted molar refractivity (Wildman–Crippen MR) is 142 cm³/mol. The summed E-state index contributed by atoms with van der Waals surface area (Å²) in [5, 5.41) is 3.85. The molecule has 1 amide bonds. The zero-order valence-electron chi connectivity index (χ0n) is 20.1. The molecular formula is C27H26Cl2N2O6. The lowest BCUT2D eigenvalue weighted by Gasteiger charge is -2.22. The van der Waals surface area contributed by atoms with Crippen molar-refractivity contribution in [1.82, 2.24) is 4.98 Å². The van der Waals surface area contributed by atoms with Gasteiger partial charge >= 0.3 is 12.1 Å². The van der Waals surface area contributed by atoms with Crippen LogP contribution in [-0.2, 0) is 19.0 Å². The zero-order chi connectivity index (χ0) is 26.4. The Labute approximate surface area is 223 Å². The minimum Gasteiger partial charge on any atom is -0.431 e. The molecule has 0 bridgehead atoms. The first-order valence-electron chi connectivity index (χ1n) is 11.9. The minimum absolute atomic E-state index is 0.0130. The molecule has 1 aromatic heterocycles. The van der Waals surface area contributed by atoms with Crippen LogP contribution in [-0.4, -0.2) is 35.4 Å². The number of aromatic nitrogens is 1. The number of para-hydroxylation sites is 1. The average Bonchev–Trinajstić information content (AvgIpc) is 3.22. The molecule has 1 heterocycles. The number of hydrogen-bond donors (Lipinski definition) is 2. The van der Waals surface area contributed by atoms with Gasteiger partial charge in [-0.15, -0.1) is 0 Å². The highest BCUT2D eigenvalue weighted by Crippen LogP contribution is 2.34. The number of anilines is 1. The maximum atomic E-state index is 13.1. The molecule has 194 valence electrons. The van der Waals surface area contributed by atoms with Gasteiger partial charge in [-0.2, -0.15) is 0 Å². The fourth-order valence-corrected chi connectivity index (χ4v) is 4.78. The number of nitrogens with one attached hydrogen (secondary N) is 2. The molecule has 3 aromatic rings. The lowest BCUT2D eigenvalue weighted by molar-refractivity contribution is -0.111. The van der Waals surface area contributed by atoms with Gasteiger partial charge in [0.05, 0.1) is 5.02 Å². The van der Waals surface area contributed by atoms with Gasteiger partial charge in [0, 0.05) is 40.2 Å². The van der Waals surface area contributed by atoms with E-state index in [1.54, 1.807) is 30.3 Å². The van der Waals surface area contributed by atoms with Crippen molar-refractivity contribution in [2.24, 2.45) is 0 Å². The number of benzene rings is 2. The molecule has 2 aromatic carbocycles. The summed E-state index contributed by atoms with van der Waals surface area (Å²) < 4.78 is 15.8. The second-order valence-corrected chi connectivity index (χ2v) is 9.47. The molecule has 1 unspecified atom stereocenters. The quantitative estimate of drug-likeness (QED) is 0.186. The van der Waals surface area contributed by atoms with Gasteiger partial charge in [0.2, 0.25) is 12.2 Å². The van der Waals surface area contributed by atoms with Crippen molar-refractivity contribution >= 4 is 63.9 Å². The summed E-state index contributed by atoms with van der Waals surface area (Å²) in [5.74, 6) is -1.23. The molecule has 0 saturated heterocycles. The van der Waals surface area contributed by atoms with Gasteiger partial charge in [0.25, 0.3) is 0 Å². The second-order valence-electron chi connectivity index (χ2n) is 8.63. The van der Waals surface area contributed by atoms with Gasteiger partial charge in [-0.05, 0) is 56.0 Å². The number of amides is 1. The third kappa shape index (κ3) is 7.05. The standard InChI is InChI=1S/C27H26Cl2N2O6/c1-16(36-27(34)37-19-10-6-3-7-11-19)35-26(33)25-20(24-21(29)14-17(28)15-22(24)31-25)12-13-23(32)30-18-8-4-2-5-9-18/h2,4-5,8-9,12-16,19,31H,3,6-7,10-11H2,1H3,(H,30,32). The van der Waals surface area contributed by atoms with Crippen molar-refractivity contribution in [3.05, 3.63) is 69.8 Å². The van der Waals surface area contributed by atoms with Gasteiger partial charge in [0.1, 0.15) is 11.8 Å². The normalized spacial score (nSPS) is 14.9. The van der Waals surface area contributed by atoms with Gasteiger partial charge in [-0.3, -0.25) is 4.79 Å². The molecular weight excluding hydrogens is 519 g/mol. The van der Waals surface area contributed by atoms with Crippen LogP contribution in [0.1, 0.15) is 55.1 Å². The highest BCUT2D eigenvalue weighted by atomic mass is 35.5. The lowest BCUT2D eigenvalue weighted by Crippen LogP contribution is -2.27. The Bertz CT molecular complexity index is 1320. The van der Waals surface area contributed by atoms with E-state index in [2.05, 4.69) is 10.3 Å². The Morgan fingerprint density at radius 3 is 2.51 bits per heavy atom. The Balaban J connectivity index is 1.51. The van der Waals surface area contributed by atoms with Gasteiger partial charge in [-0.1, -0.05) is 47.8 Å². The summed E-state index contributed by atoms with van der Waals surface area (Å²) in [4.78, 5) is 40.6. The molecule has 0 radical (unpaired) electrons. The first-order chi connectivity index (χ1) is 17.8. The molecule has 37 heavy (non-hydrogen) atoms. The number of rotatable bonds is 7. The van der Waals surface area contributed by atoms with Crippen LogP contribution in [0.15, 0.2) is 48.5 Å². The third-order valence-electron chi connectivity index (χ3n) is 5.85. The number of fused-ring (bicyclic) bond motifs is 1. The number of H-pyrrole nitrogens is 1. The van der Waals surface area contributed by atoms with Crippen LogP contribution in [0.4, 0.5) is 10.5 Å². The molecule has 4 rings (SSSR count). The average molecular weight is 545 g/mol. The number of carbonyl (C=O) groups excluding carboxylic acids is 3. The molecule has 0 aliphatic heterocycles. The van der Waals surface area contributed by atoms with E-state index in [1.165, 1.54) is 25.1 Å². The monoisotopic (exact) mass is 544 g/mol. The van der Waals surface area contributed by atoms with Crippen LogP contribution >= 0.6 is 23.2 Å². The summed E-state index contributed by atoms with van der Waals surface area (Å²) >= 11 is 12.6. The topological polar surface area (TPSA) is 107 Å². The van der Waals surface area contributed by atoms with Crippen LogP contribution in [0.3, 0.4) is 0 Å². The van der Waals surface area contributed by atoms with E-state index in [9.17, 15) is 14.4 Å². The number of aromatic amines is 1. The lowest BCUT2D eigenvalue weighted by atomic mass is 9.98. The van der Waals surface area contributed by atoms with Crippen molar-refractivity contribution in [1.29, 1.82) is 0 Å². The zero-order valence-corrected chi connectivity index (χ0v) is 21.6. The van der Waals surface area contributed by atoms with Crippen LogP contribution in [0.5, 0.6) is 0 Å². The molecule has 1 aliphatic carbocycles. The highest BCUT2D eigenvalue weighted by molar-refractivity contribution is 6.39. The second kappa shape index (κ2) is 12.2. The largest absolute Gasteiger partial charge is 0.511 e. The number of hydrogen-bond acceptors (Lipinski definition) is 6. The molecule has 8 nitrogen and oxygen atoms in total. The van der Waals surface area contributed by atoms with E-state index in [0.717, 1.165) is 32.1 Å². The van der Waals surface area contributed by atoms with Crippen molar-refractivity contribution in [3.8, 4) is 0 Å². The van der Waals surface area contributed by atoms with Gasteiger partial charge in [0.15, 0.2) is 0 Å². The Hall–Kier alpha value is -3.49. The van der Waals surface area contributed by atoms with Crippen LogP contribution in [0, 0.1) is 0 Å². The SMILES string of the molecule is CC(OC(=O)OC1CCCCC1)OC(=O)c1[nH]c2cc(Cl)cc(Cl)c2c1C=CC(=O)Nc1ccccc1. The highest BCUT2D eigenvalue weighted by Gasteiger charge is 2.25. The van der Waals surface area contributed by atoms with E-state index in [0.29, 0.717) is 27.2 Å². The minimum atomic E-state index is -1.22. The summed E-state index contributed by atoms with van der Waals surface area (Å²) in [6.07, 6.45) is 5.11. The molecule has 1 atom stereocenters. The number of carbonyl (C=O) groups is 3. The molecule has 10 heteroatoms. The van der Waals surface area contributed by atoms with Crippen LogP contribution in [0.25, 0.3) is 17.0 Å². The maximum absolute atomic E-state index is 13.1. The first kappa shape index (κ1) is 26.6. The number of esters is 1. The molecule has 2 N–H and O–H groups in total. The van der Waals surface area contributed by atoms with Crippen molar-refractivity contribution in [2.45, 2.75) is 51.4 Å². The Kier molecular flexibility index (Phi) is 8.74. The predicted octanol–water partition coefficient (Wildman–Crippen LogP) is 7.12. The Morgan fingerprint density at radius 2 is 1.78 bits per heavy atom. The van der Waals surface area contributed by atoms with E-state index in [4.69, 9.17) is 37.4 Å². The summed E-state index contributed by atoms with van der Waals surface area (Å²) in [6, 6.07) is 12.1. The summed E-state index contributed by atoms with van der Waals surface area (Å²) in [7, 11) is 0. The number of ether oxygens (including phenoxy) is 3. The molecule has 1 saturated carbocycles.